The lowest BCUT2D eigenvalue weighted by Crippen LogP contribution is -2.44. The monoisotopic (exact) mass is 304 g/mol. The van der Waals surface area contributed by atoms with Gasteiger partial charge in [-0.1, -0.05) is 0 Å². The van der Waals surface area contributed by atoms with Gasteiger partial charge in [0.25, 0.3) is 10.0 Å². The molecule has 2 heterocycles. The largest absolute Gasteiger partial charge is 0.376 e. The van der Waals surface area contributed by atoms with Crippen LogP contribution in [0.2, 0.25) is 0 Å². The highest BCUT2D eigenvalue weighted by atomic mass is 32.2. The molecule has 108 valence electrons. The van der Waals surface area contributed by atoms with E-state index >= 15 is 0 Å². The second kappa shape index (κ2) is 6.32. The van der Waals surface area contributed by atoms with E-state index in [1.165, 1.54) is 15.6 Å². The van der Waals surface area contributed by atoms with Gasteiger partial charge in [0, 0.05) is 18.0 Å². The van der Waals surface area contributed by atoms with Crippen molar-refractivity contribution in [1.82, 2.24) is 9.62 Å². The number of ether oxygens (including phenoxy) is 1. The highest BCUT2D eigenvalue weighted by molar-refractivity contribution is 7.91. The molecule has 19 heavy (non-hydrogen) atoms. The lowest BCUT2D eigenvalue weighted by molar-refractivity contribution is 0.0102. The Morgan fingerprint density at radius 2 is 2.32 bits per heavy atom. The molecule has 1 unspecified atom stereocenters. The van der Waals surface area contributed by atoms with Gasteiger partial charge in [0.05, 0.1) is 12.7 Å². The third-order valence-electron chi connectivity index (χ3n) is 3.06. The zero-order chi connectivity index (χ0) is 13.9. The first-order valence-corrected chi connectivity index (χ1v) is 8.65. The van der Waals surface area contributed by atoms with Crippen LogP contribution in [0.5, 0.6) is 0 Å². The quantitative estimate of drug-likeness (QED) is 0.879. The molecule has 1 N–H and O–H groups in total. The van der Waals surface area contributed by atoms with Crippen LogP contribution >= 0.6 is 11.3 Å². The van der Waals surface area contributed by atoms with Crippen LogP contribution < -0.4 is 5.32 Å². The van der Waals surface area contributed by atoms with Crippen molar-refractivity contribution >= 4 is 21.4 Å². The van der Waals surface area contributed by atoms with Gasteiger partial charge in [-0.2, -0.15) is 4.31 Å². The first-order chi connectivity index (χ1) is 9.04. The Hall–Kier alpha value is -0.470. The van der Waals surface area contributed by atoms with Crippen molar-refractivity contribution in [3.05, 3.63) is 17.0 Å². The Kier molecular flexibility index (Phi) is 4.97. The second-order valence-corrected chi connectivity index (χ2v) is 7.95. The molecule has 0 saturated carbocycles. The summed E-state index contributed by atoms with van der Waals surface area (Å²) in [7, 11) is -1.46. The van der Waals surface area contributed by atoms with Gasteiger partial charge in [-0.05, 0) is 39.1 Å². The number of hydrogen-bond donors (Lipinski definition) is 1. The summed E-state index contributed by atoms with van der Waals surface area (Å²) in [6.07, 6.45) is 0.822. The molecule has 0 aromatic carbocycles. The molecule has 7 heteroatoms. The molecule has 1 aliphatic rings. The van der Waals surface area contributed by atoms with Crippen LogP contribution in [0.15, 0.2) is 16.3 Å². The van der Waals surface area contributed by atoms with Crippen molar-refractivity contribution in [3.8, 4) is 0 Å². The summed E-state index contributed by atoms with van der Waals surface area (Å²) < 4.78 is 32.3. The number of hydrogen-bond acceptors (Lipinski definition) is 5. The maximum absolute atomic E-state index is 12.5. The Labute approximate surface area is 118 Å². The molecule has 1 fully saturated rings. The molecule has 1 aromatic heterocycles. The predicted molar refractivity (Wildman–Crippen MR) is 76.1 cm³/mol. The van der Waals surface area contributed by atoms with E-state index in [4.69, 9.17) is 4.74 Å². The minimum atomic E-state index is -3.35. The van der Waals surface area contributed by atoms with Gasteiger partial charge in [-0.15, -0.1) is 11.3 Å². The average molecular weight is 304 g/mol. The lowest BCUT2D eigenvalue weighted by Gasteiger charge is -2.29. The molecular formula is C12H20N2O3S2. The topological polar surface area (TPSA) is 58.6 Å². The smallest absolute Gasteiger partial charge is 0.252 e. The molecule has 1 saturated heterocycles. The maximum atomic E-state index is 12.5. The molecule has 1 aliphatic heterocycles. The minimum Gasteiger partial charge on any atom is -0.376 e. The normalized spacial score (nSPS) is 21.7. The van der Waals surface area contributed by atoms with E-state index in [1.807, 2.05) is 20.0 Å². The first kappa shape index (κ1) is 14.9. The van der Waals surface area contributed by atoms with E-state index in [0.29, 0.717) is 23.9 Å². The SMILES string of the molecule is CNCCc1ccc(S(=O)(=O)N2CCOC(C)C2)s1. The summed E-state index contributed by atoms with van der Waals surface area (Å²) in [5, 5.41) is 3.06. The summed E-state index contributed by atoms with van der Waals surface area (Å²) >= 11 is 1.36. The van der Waals surface area contributed by atoms with Crippen LogP contribution in [0, 0.1) is 0 Å². The Bertz CT molecular complexity index is 513. The van der Waals surface area contributed by atoms with E-state index in [9.17, 15) is 8.42 Å². The van der Waals surface area contributed by atoms with Crippen LogP contribution in [0.4, 0.5) is 0 Å². The van der Waals surface area contributed by atoms with E-state index in [2.05, 4.69) is 5.32 Å². The van der Waals surface area contributed by atoms with Crippen molar-refractivity contribution in [2.45, 2.75) is 23.7 Å². The zero-order valence-electron chi connectivity index (χ0n) is 11.3. The number of nitrogens with zero attached hydrogens (tertiary/aromatic N) is 1. The van der Waals surface area contributed by atoms with Crippen LogP contribution in [-0.2, 0) is 21.2 Å². The van der Waals surface area contributed by atoms with Gasteiger partial charge in [-0.3, -0.25) is 0 Å². The van der Waals surface area contributed by atoms with Gasteiger partial charge in [0.15, 0.2) is 0 Å². The van der Waals surface area contributed by atoms with Gasteiger partial charge in [-0.25, -0.2) is 8.42 Å². The molecule has 0 radical (unpaired) electrons. The summed E-state index contributed by atoms with van der Waals surface area (Å²) in [4.78, 5) is 1.09. The highest BCUT2D eigenvalue weighted by Gasteiger charge is 2.30. The van der Waals surface area contributed by atoms with E-state index in [-0.39, 0.29) is 6.10 Å². The van der Waals surface area contributed by atoms with Crippen LogP contribution in [0.1, 0.15) is 11.8 Å². The standard InChI is InChI=1S/C12H20N2O3S2/c1-10-9-14(7-8-17-10)19(15,16)12-4-3-11(18-12)5-6-13-2/h3-4,10,13H,5-9H2,1-2H3. The van der Waals surface area contributed by atoms with Gasteiger partial charge in [0.1, 0.15) is 4.21 Å². The number of morpholine rings is 1. The number of likely N-dealkylation sites (N-methyl/N-ethyl adjacent to an activating group) is 1. The number of sulfonamides is 1. The summed E-state index contributed by atoms with van der Waals surface area (Å²) in [6.45, 7) is 4.10. The van der Waals surface area contributed by atoms with E-state index in [1.54, 1.807) is 6.07 Å². The maximum Gasteiger partial charge on any atom is 0.252 e. The van der Waals surface area contributed by atoms with Crippen LogP contribution in [0.3, 0.4) is 0 Å². The zero-order valence-corrected chi connectivity index (χ0v) is 12.9. The molecular weight excluding hydrogens is 284 g/mol. The molecule has 2 rings (SSSR count). The van der Waals surface area contributed by atoms with Crippen molar-refractivity contribution in [2.24, 2.45) is 0 Å². The average Bonchev–Trinajstić information content (AvgIpc) is 2.86. The highest BCUT2D eigenvalue weighted by Crippen LogP contribution is 2.26. The van der Waals surface area contributed by atoms with Crippen LogP contribution in [0.25, 0.3) is 0 Å². The molecule has 0 spiro atoms. The predicted octanol–water partition coefficient (Wildman–Crippen LogP) is 0.919. The molecule has 5 nitrogen and oxygen atoms in total. The van der Waals surface area contributed by atoms with Gasteiger partial charge in [0.2, 0.25) is 0 Å². The lowest BCUT2D eigenvalue weighted by atomic mass is 10.3. The van der Waals surface area contributed by atoms with Crippen molar-refractivity contribution < 1.29 is 13.2 Å². The summed E-state index contributed by atoms with van der Waals surface area (Å²) in [5.74, 6) is 0. The molecule has 0 amide bonds. The van der Waals surface area contributed by atoms with Crippen LogP contribution in [-0.4, -0.2) is 52.1 Å². The minimum absolute atomic E-state index is 0.0350. The van der Waals surface area contributed by atoms with E-state index < -0.39 is 10.0 Å². The van der Waals surface area contributed by atoms with Gasteiger partial charge < -0.3 is 10.1 Å². The fourth-order valence-corrected chi connectivity index (χ4v) is 5.02. The first-order valence-electron chi connectivity index (χ1n) is 6.39. The molecule has 1 atom stereocenters. The van der Waals surface area contributed by atoms with Gasteiger partial charge >= 0.3 is 0 Å². The van der Waals surface area contributed by atoms with Crippen molar-refractivity contribution in [2.75, 3.05) is 33.3 Å². The molecule has 0 aliphatic carbocycles. The summed E-state index contributed by atoms with van der Waals surface area (Å²) in [5.41, 5.74) is 0. The Balaban J connectivity index is 2.12. The third-order valence-corrected chi connectivity index (χ3v) is 6.53. The number of nitrogens with one attached hydrogen (secondary N) is 1. The number of thiophene rings is 1. The fraction of sp³-hybridized carbons (Fsp3) is 0.667. The van der Waals surface area contributed by atoms with Crippen molar-refractivity contribution in [3.63, 3.8) is 0 Å². The Morgan fingerprint density at radius 3 is 3.00 bits per heavy atom. The molecule has 0 bridgehead atoms. The number of rotatable bonds is 5. The van der Waals surface area contributed by atoms with Crippen molar-refractivity contribution in [1.29, 1.82) is 0 Å². The van der Waals surface area contributed by atoms with E-state index in [0.717, 1.165) is 17.8 Å². The fourth-order valence-electron chi connectivity index (χ4n) is 2.01. The molecule has 1 aromatic rings. The third kappa shape index (κ3) is 3.55. The second-order valence-electron chi connectivity index (χ2n) is 4.62. The Morgan fingerprint density at radius 1 is 1.53 bits per heavy atom. The summed E-state index contributed by atoms with van der Waals surface area (Å²) in [6, 6.07) is 3.61.